The summed E-state index contributed by atoms with van der Waals surface area (Å²) >= 11 is 7.84. The standard InChI is InChI=1S/C28H26ClFN6O3S/c1-5-39-22-11-6-8-19(31-22)27-34-26-28(36(27)23-20(37-3)9-7-10-21(23)38-4)33-25(24(29)32-26)35-40-15-17-13-12-16(2)18(30)14-17/h6-14H,5,15H2,1-4H3,(H,33,35). The third-order valence-corrected chi connectivity index (χ3v) is 7.05. The van der Waals surface area contributed by atoms with Crippen molar-refractivity contribution in [2.45, 2.75) is 19.6 Å². The van der Waals surface area contributed by atoms with Gasteiger partial charge in [0, 0.05) is 11.8 Å². The van der Waals surface area contributed by atoms with E-state index in [0.717, 1.165) is 5.56 Å². The summed E-state index contributed by atoms with van der Waals surface area (Å²) in [4.78, 5) is 18.7. The average molecular weight is 581 g/mol. The van der Waals surface area contributed by atoms with Crippen LogP contribution in [0.25, 0.3) is 28.5 Å². The van der Waals surface area contributed by atoms with Crippen molar-refractivity contribution in [3.63, 3.8) is 0 Å². The van der Waals surface area contributed by atoms with E-state index in [2.05, 4.69) is 14.7 Å². The van der Waals surface area contributed by atoms with Crippen LogP contribution < -0.4 is 18.9 Å². The largest absolute Gasteiger partial charge is 0.494 e. The summed E-state index contributed by atoms with van der Waals surface area (Å²) in [6.45, 7) is 4.08. The second-order valence-electron chi connectivity index (χ2n) is 8.56. The van der Waals surface area contributed by atoms with Gasteiger partial charge in [-0.05, 0) is 61.2 Å². The molecule has 12 heteroatoms. The lowest BCUT2D eigenvalue weighted by Crippen LogP contribution is -2.06. The number of aromatic nitrogens is 5. The molecule has 0 unspecified atom stereocenters. The monoisotopic (exact) mass is 580 g/mol. The van der Waals surface area contributed by atoms with Gasteiger partial charge in [-0.1, -0.05) is 35.9 Å². The van der Waals surface area contributed by atoms with Crippen molar-refractivity contribution < 1.29 is 18.6 Å². The number of pyridine rings is 1. The van der Waals surface area contributed by atoms with Gasteiger partial charge in [0.05, 0.1) is 20.8 Å². The van der Waals surface area contributed by atoms with E-state index in [1.165, 1.54) is 18.0 Å². The minimum Gasteiger partial charge on any atom is -0.494 e. The third kappa shape index (κ3) is 5.47. The van der Waals surface area contributed by atoms with E-state index in [1.54, 1.807) is 37.8 Å². The van der Waals surface area contributed by atoms with Crippen LogP contribution in [-0.4, -0.2) is 45.3 Å². The van der Waals surface area contributed by atoms with E-state index in [1.807, 2.05) is 43.3 Å². The minimum atomic E-state index is -0.249. The Labute approximate surface area is 239 Å². The minimum absolute atomic E-state index is 0.134. The fourth-order valence-electron chi connectivity index (χ4n) is 4.06. The number of aryl methyl sites for hydroxylation is 1. The van der Waals surface area contributed by atoms with Gasteiger partial charge in [-0.3, -0.25) is 4.57 Å². The molecule has 0 saturated carbocycles. The molecular formula is C28H26ClFN6O3S. The maximum absolute atomic E-state index is 14.0. The predicted octanol–water partition coefficient (Wildman–Crippen LogP) is 6.65. The van der Waals surface area contributed by atoms with Crippen molar-refractivity contribution >= 4 is 40.7 Å². The van der Waals surface area contributed by atoms with Crippen LogP contribution in [0.15, 0.2) is 54.6 Å². The summed E-state index contributed by atoms with van der Waals surface area (Å²) in [5.41, 5.74) is 3.21. The molecule has 3 heterocycles. The number of anilines is 1. The fraction of sp³-hybridized carbons (Fsp3) is 0.214. The fourth-order valence-corrected chi connectivity index (χ4v) is 4.98. The van der Waals surface area contributed by atoms with Crippen LogP contribution in [0.4, 0.5) is 10.2 Å². The maximum Gasteiger partial charge on any atom is 0.213 e. The number of hydrogen-bond acceptors (Lipinski definition) is 9. The van der Waals surface area contributed by atoms with Crippen molar-refractivity contribution in [1.29, 1.82) is 0 Å². The Morgan fingerprint density at radius 3 is 2.42 bits per heavy atom. The molecule has 3 aromatic heterocycles. The number of hydrogen-bond donors (Lipinski definition) is 1. The van der Waals surface area contributed by atoms with E-state index in [4.69, 9.17) is 35.8 Å². The molecule has 5 aromatic rings. The first-order valence-electron chi connectivity index (χ1n) is 12.3. The van der Waals surface area contributed by atoms with E-state index in [9.17, 15) is 4.39 Å². The Balaban J connectivity index is 1.63. The highest BCUT2D eigenvalue weighted by atomic mass is 35.5. The number of rotatable bonds is 10. The molecule has 0 atom stereocenters. The SMILES string of the molecule is CCOc1cccc(-c2nc3nc(Cl)c(NSCc4ccc(C)c(F)c4)nc3n2-c2c(OC)cccc2OC)n1. The number of imidazole rings is 1. The molecule has 0 aliphatic heterocycles. The van der Waals surface area contributed by atoms with E-state index >= 15 is 0 Å². The summed E-state index contributed by atoms with van der Waals surface area (Å²) < 4.78 is 35.9. The third-order valence-electron chi connectivity index (χ3n) is 5.97. The molecule has 2 aromatic carbocycles. The normalized spacial score (nSPS) is 11.1. The van der Waals surface area contributed by atoms with Crippen molar-refractivity contribution in [2.75, 3.05) is 25.5 Å². The maximum atomic E-state index is 14.0. The lowest BCUT2D eigenvalue weighted by Gasteiger charge is -2.16. The van der Waals surface area contributed by atoms with Gasteiger partial charge in [0.25, 0.3) is 0 Å². The lowest BCUT2D eigenvalue weighted by molar-refractivity contribution is 0.327. The molecule has 0 radical (unpaired) electrons. The van der Waals surface area contributed by atoms with Gasteiger partial charge in [-0.15, -0.1) is 0 Å². The van der Waals surface area contributed by atoms with Gasteiger partial charge in [0.2, 0.25) is 5.88 Å². The van der Waals surface area contributed by atoms with Gasteiger partial charge in [0.15, 0.2) is 28.1 Å². The van der Waals surface area contributed by atoms with E-state index in [-0.39, 0.29) is 11.0 Å². The quantitative estimate of drug-likeness (QED) is 0.182. The molecule has 206 valence electrons. The number of nitrogens with one attached hydrogen (secondary N) is 1. The van der Waals surface area contributed by atoms with Gasteiger partial charge in [-0.25, -0.2) is 24.3 Å². The highest BCUT2D eigenvalue weighted by molar-refractivity contribution is 7.99. The molecule has 0 fully saturated rings. The molecule has 0 aliphatic rings. The Morgan fingerprint density at radius 1 is 0.975 bits per heavy atom. The van der Waals surface area contributed by atoms with Gasteiger partial charge in [0.1, 0.15) is 28.7 Å². The van der Waals surface area contributed by atoms with Gasteiger partial charge < -0.3 is 18.9 Å². The number of methoxy groups -OCH3 is 2. The summed E-state index contributed by atoms with van der Waals surface area (Å²) in [7, 11) is 3.15. The molecule has 0 saturated heterocycles. The first-order valence-corrected chi connectivity index (χ1v) is 13.7. The zero-order chi connectivity index (χ0) is 28.2. The van der Waals surface area contributed by atoms with Crippen molar-refractivity contribution in [1.82, 2.24) is 24.5 Å². The average Bonchev–Trinajstić information content (AvgIpc) is 3.32. The molecule has 0 aliphatic carbocycles. The number of para-hydroxylation sites is 1. The van der Waals surface area contributed by atoms with Crippen LogP contribution in [0, 0.1) is 12.7 Å². The number of fused-ring (bicyclic) bond motifs is 1. The molecule has 1 N–H and O–H groups in total. The predicted molar refractivity (Wildman–Crippen MR) is 155 cm³/mol. The highest BCUT2D eigenvalue weighted by Crippen LogP contribution is 2.38. The van der Waals surface area contributed by atoms with Crippen LogP contribution >= 0.6 is 23.5 Å². The van der Waals surface area contributed by atoms with E-state index in [0.29, 0.717) is 69.6 Å². The molecule has 5 rings (SSSR count). The van der Waals surface area contributed by atoms with Crippen molar-refractivity contribution in [3.05, 3.63) is 76.7 Å². The Morgan fingerprint density at radius 2 is 1.73 bits per heavy atom. The summed E-state index contributed by atoms with van der Waals surface area (Å²) in [5.74, 6) is 2.51. The van der Waals surface area contributed by atoms with Crippen LogP contribution in [0.3, 0.4) is 0 Å². The summed E-state index contributed by atoms with van der Waals surface area (Å²) in [6.07, 6.45) is 0. The number of halogens is 2. The van der Waals surface area contributed by atoms with Gasteiger partial charge in [-0.2, -0.15) is 0 Å². The van der Waals surface area contributed by atoms with Crippen molar-refractivity contribution in [2.24, 2.45) is 0 Å². The van der Waals surface area contributed by atoms with Crippen LogP contribution in [0.5, 0.6) is 17.4 Å². The molecule has 0 spiro atoms. The molecule has 0 bridgehead atoms. The Bertz CT molecular complexity index is 1660. The highest BCUT2D eigenvalue weighted by Gasteiger charge is 2.25. The first-order chi connectivity index (χ1) is 19.4. The lowest BCUT2D eigenvalue weighted by atomic mass is 10.2. The van der Waals surface area contributed by atoms with Crippen LogP contribution in [0.1, 0.15) is 18.1 Å². The zero-order valence-electron chi connectivity index (χ0n) is 22.2. The Hall–Kier alpha value is -4.09. The summed E-state index contributed by atoms with van der Waals surface area (Å²) in [6, 6.07) is 16.0. The Kier molecular flexibility index (Phi) is 8.22. The topological polar surface area (TPSA) is 96.2 Å². The number of ether oxygens (including phenoxy) is 3. The first kappa shape index (κ1) is 27.5. The molecular weight excluding hydrogens is 555 g/mol. The second-order valence-corrected chi connectivity index (χ2v) is 9.70. The number of benzene rings is 2. The van der Waals surface area contributed by atoms with Crippen molar-refractivity contribution in [3.8, 4) is 34.6 Å². The molecule has 40 heavy (non-hydrogen) atoms. The molecule has 0 amide bonds. The van der Waals surface area contributed by atoms with Crippen LogP contribution in [-0.2, 0) is 5.75 Å². The number of nitrogens with zero attached hydrogens (tertiary/aromatic N) is 5. The summed E-state index contributed by atoms with van der Waals surface area (Å²) in [5, 5.41) is 0.134. The van der Waals surface area contributed by atoms with Gasteiger partial charge >= 0.3 is 0 Å². The van der Waals surface area contributed by atoms with E-state index < -0.39 is 0 Å². The smallest absolute Gasteiger partial charge is 0.213 e. The zero-order valence-corrected chi connectivity index (χ0v) is 23.8. The van der Waals surface area contributed by atoms with Crippen LogP contribution in [0.2, 0.25) is 5.15 Å². The second kappa shape index (κ2) is 12.0. The molecule has 9 nitrogen and oxygen atoms in total.